The number of fused-ring (bicyclic) bond motifs is 1. The van der Waals surface area contributed by atoms with Crippen molar-refractivity contribution in [2.75, 3.05) is 25.5 Å². The zero-order chi connectivity index (χ0) is 27.8. The maximum atomic E-state index is 13.7. The lowest BCUT2D eigenvalue weighted by Crippen LogP contribution is -2.21. The van der Waals surface area contributed by atoms with Crippen molar-refractivity contribution >= 4 is 28.3 Å². The van der Waals surface area contributed by atoms with Gasteiger partial charge in [-0.1, -0.05) is 56.0 Å². The van der Waals surface area contributed by atoms with E-state index in [0.717, 1.165) is 42.3 Å². The highest BCUT2D eigenvalue weighted by molar-refractivity contribution is 6.30. The monoisotopic (exact) mass is 557 g/mol. The number of hydrogen-bond acceptors (Lipinski definition) is 5. The van der Waals surface area contributed by atoms with Gasteiger partial charge in [0, 0.05) is 28.7 Å². The summed E-state index contributed by atoms with van der Waals surface area (Å²) in [5.74, 6) is 1.54. The fourth-order valence-corrected chi connectivity index (χ4v) is 5.07. The van der Waals surface area contributed by atoms with Crippen molar-refractivity contribution in [3.05, 3.63) is 71.2 Å². The predicted molar refractivity (Wildman–Crippen MR) is 153 cm³/mol. The lowest BCUT2D eigenvalue weighted by molar-refractivity contribution is -0.137. The third-order valence-corrected chi connectivity index (χ3v) is 7.36. The van der Waals surface area contributed by atoms with Gasteiger partial charge in [-0.05, 0) is 69.1 Å². The van der Waals surface area contributed by atoms with Gasteiger partial charge in [-0.2, -0.15) is 13.2 Å². The van der Waals surface area contributed by atoms with E-state index in [1.54, 1.807) is 18.2 Å². The lowest BCUT2D eigenvalue weighted by Gasteiger charge is -2.19. The van der Waals surface area contributed by atoms with Crippen molar-refractivity contribution in [1.29, 1.82) is 0 Å². The molecule has 0 amide bonds. The second-order valence-electron chi connectivity index (χ2n) is 10.0. The molecule has 2 heterocycles. The average molecular weight is 558 g/mol. The molecule has 0 aliphatic heterocycles. The molecule has 1 aliphatic rings. The van der Waals surface area contributed by atoms with Gasteiger partial charge in [-0.15, -0.1) is 0 Å². The summed E-state index contributed by atoms with van der Waals surface area (Å²) in [5, 5.41) is 5.05. The molecule has 5 nitrogen and oxygen atoms in total. The first-order valence-corrected chi connectivity index (χ1v) is 13.9. The Morgan fingerprint density at radius 1 is 1.13 bits per heavy atom. The second kappa shape index (κ2) is 13.4. The molecule has 4 rings (SSSR count). The van der Waals surface area contributed by atoms with Crippen LogP contribution in [0.2, 0.25) is 0 Å². The van der Waals surface area contributed by atoms with Crippen molar-refractivity contribution in [2.24, 2.45) is 5.92 Å². The smallest absolute Gasteiger partial charge is 0.369 e. The van der Waals surface area contributed by atoms with Gasteiger partial charge < -0.3 is 5.32 Å². The van der Waals surface area contributed by atoms with Crippen LogP contribution in [0.3, 0.4) is 0 Å². The summed E-state index contributed by atoms with van der Waals surface area (Å²) in [7, 11) is 2.04. The Balaban J connectivity index is 1.63. The van der Waals surface area contributed by atoms with Gasteiger partial charge in [0.15, 0.2) is 0 Å². The van der Waals surface area contributed by atoms with E-state index in [2.05, 4.69) is 28.2 Å². The molecular weight excluding hydrogens is 523 g/mol. The number of anilines is 1. The van der Waals surface area contributed by atoms with Crippen LogP contribution in [0, 0.1) is 5.92 Å². The first-order chi connectivity index (χ1) is 18.8. The van der Waals surface area contributed by atoms with E-state index in [-0.39, 0.29) is 11.6 Å². The van der Waals surface area contributed by atoms with Crippen molar-refractivity contribution in [1.82, 2.24) is 19.9 Å². The van der Waals surface area contributed by atoms with E-state index in [1.165, 1.54) is 31.5 Å². The van der Waals surface area contributed by atoms with Gasteiger partial charge >= 0.3 is 6.18 Å². The number of unbranched alkanes of at least 4 members (excludes halogenated alkanes) is 3. The molecule has 0 bridgehead atoms. The molecule has 0 radical (unpaired) electrons. The highest BCUT2D eigenvalue weighted by Crippen LogP contribution is 2.37. The maximum absolute atomic E-state index is 13.7. The van der Waals surface area contributed by atoms with Gasteiger partial charge in [-0.25, -0.2) is 9.97 Å². The number of rotatable bonds is 12. The molecule has 1 atom stereocenters. The Kier molecular flexibility index (Phi) is 9.97. The van der Waals surface area contributed by atoms with Crippen LogP contribution >= 0.6 is 11.6 Å². The third kappa shape index (κ3) is 7.79. The Bertz CT molecular complexity index is 1320. The molecule has 0 spiro atoms. The summed E-state index contributed by atoms with van der Waals surface area (Å²) in [6, 6.07) is 7.46. The topological polar surface area (TPSA) is 53.9 Å². The number of hydrogen-bond donors (Lipinski definition) is 1. The van der Waals surface area contributed by atoms with Crippen molar-refractivity contribution in [2.45, 2.75) is 58.2 Å². The molecule has 0 fully saturated rings. The predicted octanol–water partition coefficient (Wildman–Crippen LogP) is 8.22. The van der Waals surface area contributed by atoms with Crippen LogP contribution in [-0.4, -0.2) is 40.0 Å². The van der Waals surface area contributed by atoms with E-state index >= 15 is 0 Å². The van der Waals surface area contributed by atoms with Gasteiger partial charge in [0.2, 0.25) is 0 Å². The number of halogens is 4. The van der Waals surface area contributed by atoms with Crippen LogP contribution < -0.4 is 5.32 Å². The molecule has 1 aromatic carbocycles. The summed E-state index contributed by atoms with van der Waals surface area (Å²) < 4.78 is 41.1. The summed E-state index contributed by atoms with van der Waals surface area (Å²) in [4.78, 5) is 15.8. The normalized spacial score (nSPS) is 15.7. The third-order valence-electron chi connectivity index (χ3n) is 6.92. The number of nitrogens with one attached hydrogen (secondary N) is 1. The molecule has 2 aromatic heterocycles. The Labute approximate surface area is 233 Å². The number of aromatic nitrogens is 3. The van der Waals surface area contributed by atoms with Crippen molar-refractivity contribution < 1.29 is 13.2 Å². The number of benzene rings is 1. The minimum atomic E-state index is -4.51. The summed E-state index contributed by atoms with van der Waals surface area (Å²) >= 11 is 6.39. The summed E-state index contributed by atoms with van der Waals surface area (Å²) in [5.41, 5.74) is 0.0678. The molecule has 39 heavy (non-hydrogen) atoms. The molecule has 3 aromatic rings. The second-order valence-corrected chi connectivity index (χ2v) is 10.5. The molecular formula is C30H35ClF3N5. The van der Waals surface area contributed by atoms with E-state index in [9.17, 15) is 13.2 Å². The van der Waals surface area contributed by atoms with Crippen molar-refractivity contribution in [3.8, 4) is 11.3 Å². The number of pyridine rings is 1. The Hall–Kier alpha value is -2.97. The average Bonchev–Trinajstić information content (AvgIpc) is 2.91. The zero-order valence-electron chi connectivity index (χ0n) is 22.4. The van der Waals surface area contributed by atoms with Crippen LogP contribution in [-0.2, 0) is 12.7 Å². The van der Waals surface area contributed by atoms with E-state index in [1.807, 2.05) is 19.2 Å². The van der Waals surface area contributed by atoms with E-state index in [0.29, 0.717) is 35.8 Å². The maximum Gasteiger partial charge on any atom is 0.418 e. The lowest BCUT2D eigenvalue weighted by atomic mass is 9.97. The summed E-state index contributed by atoms with van der Waals surface area (Å²) in [6.45, 7) is 4.31. The molecule has 1 aliphatic carbocycles. The molecule has 0 saturated carbocycles. The quantitative estimate of drug-likeness (QED) is 0.227. The van der Waals surface area contributed by atoms with Gasteiger partial charge in [0.05, 0.1) is 23.3 Å². The highest BCUT2D eigenvalue weighted by atomic mass is 35.5. The molecule has 1 unspecified atom stereocenters. The van der Waals surface area contributed by atoms with E-state index < -0.39 is 11.7 Å². The van der Waals surface area contributed by atoms with Crippen LogP contribution in [0.5, 0.6) is 0 Å². The number of nitrogens with zero attached hydrogens (tertiary/aromatic N) is 4. The first-order valence-electron chi connectivity index (χ1n) is 13.5. The molecule has 0 saturated heterocycles. The molecule has 9 heteroatoms. The van der Waals surface area contributed by atoms with Crippen molar-refractivity contribution in [3.63, 3.8) is 0 Å². The molecule has 1 N–H and O–H groups in total. The number of allylic oxidation sites excluding steroid dienone is 4. The van der Waals surface area contributed by atoms with Crippen LogP contribution in [0.25, 0.3) is 22.2 Å². The summed E-state index contributed by atoms with van der Waals surface area (Å²) in [6.07, 6.45) is 9.26. The van der Waals surface area contributed by atoms with Crippen LogP contribution in [0.15, 0.2) is 59.8 Å². The first kappa shape index (κ1) is 29.0. The SMILES string of the molecule is CCCCCCN(C)Cc1nc(NCCC2CC=CC=C2Cl)c2ccc(-c3ncccc3C(F)(F)F)cc2n1. The Morgan fingerprint density at radius 2 is 1.97 bits per heavy atom. The fraction of sp³-hybridized carbons (Fsp3) is 0.433. The Morgan fingerprint density at radius 3 is 2.74 bits per heavy atom. The van der Waals surface area contributed by atoms with E-state index in [4.69, 9.17) is 21.6 Å². The van der Waals surface area contributed by atoms with Gasteiger partial charge in [-0.3, -0.25) is 9.88 Å². The largest absolute Gasteiger partial charge is 0.418 e. The minimum absolute atomic E-state index is 0.110. The fourth-order valence-electron chi connectivity index (χ4n) is 4.80. The van der Waals surface area contributed by atoms with Crippen LogP contribution in [0.1, 0.15) is 56.8 Å². The minimum Gasteiger partial charge on any atom is -0.369 e. The number of alkyl halides is 3. The van der Waals surface area contributed by atoms with Gasteiger partial charge in [0.25, 0.3) is 0 Å². The standard InChI is InChI=1S/C30H35ClF3N5/c1-3-4-5-8-18-39(2)20-27-37-26-19-22(28-24(30(32,33)34)11-9-16-35-28)13-14-23(26)29(38-27)36-17-15-21-10-6-7-12-25(21)31/h6-7,9,11-14,16,19,21H,3-5,8,10,15,17-18,20H2,1-2H3,(H,36,37,38). The zero-order valence-corrected chi connectivity index (χ0v) is 23.2. The van der Waals surface area contributed by atoms with Gasteiger partial charge in [0.1, 0.15) is 11.6 Å². The van der Waals surface area contributed by atoms with Crippen LogP contribution in [0.4, 0.5) is 19.0 Å². The molecule has 208 valence electrons. The highest BCUT2D eigenvalue weighted by Gasteiger charge is 2.34.